The molecule has 9 heteroatoms. The number of H-pyrrole nitrogens is 1. The molecule has 0 amide bonds. The van der Waals surface area contributed by atoms with Gasteiger partial charge in [0, 0.05) is 25.8 Å². The fourth-order valence-electron chi connectivity index (χ4n) is 2.03. The molecule has 0 radical (unpaired) electrons. The van der Waals surface area contributed by atoms with E-state index in [1.807, 2.05) is 0 Å². The molecule has 0 spiro atoms. The molecule has 4 atom stereocenters. The second-order valence-electron chi connectivity index (χ2n) is 4.30. The summed E-state index contributed by atoms with van der Waals surface area (Å²) in [5.41, 5.74) is -1.20. The van der Waals surface area contributed by atoms with Crippen LogP contribution in [0.3, 0.4) is 0 Å². The second kappa shape index (κ2) is 6.29. The van der Waals surface area contributed by atoms with Gasteiger partial charge in [0.15, 0.2) is 6.23 Å². The van der Waals surface area contributed by atoms with E-state index in [9.17, 15) is 14.7 Å². The lowest BCUT2D eigenvalue weighted by atomic mass is 10.2. The summed E-state index contributed by atoms with van der Waals surface area (Å²) in [5.74, 6) is 0. The molecular formula is C11H16N2O7. The molecule has 0 aliphatic carbocycles. The van der Waals surface area contributed by atoms with Gasteiger partial charge >= 0.3 is 5.69 Å². The van der Waals surface area contributed by atoms with Crippen LogP contribution in [-0.2, 0) is 14.2 Å². The van der Waals surface area contributed by atoms with Crippen molar-refractivity contribution in [3.63, 3.8) is 0 Å². The smallest absolute Gasteiger partial charge is 0.330 e. The molecule has 1 aromatic rings. The van der Waals surface area contributed by atoms with E-state index in [1.165, 1.54) is 19.4 Å². The normalized spacial score (nSPS) is 27.6. The van der Waals surface area contributed by atoms with Gasteiger partial charge in [-0.1, -0.05) is 0 Å². The fraction of sp³-hybridized carbons (Fsp3) is 0.636. The Morgan fingerprint density at radius 1 is 1.60 bits per heavy atom. The number of aliphatic hydroxyl groups excluding tert-OH is 2. The van der Waals surface area contributed by atoms with Gasteiger partial charge in [0.05, 0.1) is 12.7 Å². The number of aromatic nitrogens is 2. The van der Waals surface area contributed by atoms with E-state index in [4.69, 9.17) is 14.6 Å². The maximum atomic E-state index is 11.7. The Morgan fingerprint density at radius 3 is 2.95 bits per heavy atom. The van der Waals surface area contributed by atoms with Gasteiger partial charge in [0.25, 0.3) is 12.0 Å². The molecule has 2 unspecified atom stereocenters. The van der Waals surface area contributed by atoms with Crippen LogP contribution in [0.2, 0.25) is 0 Å². The Kier molecular flexibility index (Phi) is 4.68. The molecule has 3 N–H and O–H groups in total. The third-order valence-corrected chi connectivity index (χ3v) is 2.97. The summed E-state index contributed by atoms with van der Waals surface area (Å²) < 4.78 is 16.4. The van der Waals surface area contributed by atoms with Crippen LogP contribution in [0, 0.1) is 0 Å². The van der Waals surface area contributed by atoms with E-state index in [0.29, 0.717) is 0 Å². The summed E-state index contributed by atoms with van der Waals surface area (Å²) in [6.45, 7) is -1.72. The number of nitrogens with one attached hydrogen (secondary N) is 1. The zero-order chi connectivity index (χ0) is 14.7. The Hall–Kier alpha value is -1.52. The van der Waals surface area contributed by atoms with Crippen LogP contribution in [0.15, 0.2) is 21.9 Å². The summed E-state index contributed by atoms with van der Waals surface area (Å²) in [5, 5.41) is 18.5. The number of hydrogen-bond acceptors (Lipinski definition) is 7. The van der Waals surface area contributed by atoms with Gasteiger partial charge in [-0.05, 0) is 0 Å². The van der Waals surface area contributed by atoms with Crippen molar-refractivity contribution >= 4 is 0 Å². The Labute approximate surface area is 113 Å². The topological polar surface area (TPSA) is 123 Å². The zero-order valence-corrected chi connectivity index (χ0v) is 10.8. The lowest BCUT2D eigenvalue weighted by Gasteiger charge is -2.22. The molecular weight excluding hydrogens is 272 g/mol. The number of hydrogen-bond donors (Lipinski definition) is 3. The molecule has 1 aliphatic rings. The highest BCUT2D eigenvalue weighted by atomic mass is 16.8. The van der Waals surface area contributed by atoms with Crippen molar-refractivity contribution < 1.29 is 24.4 Å². The summed E-state index contributed by atoms with van der Waals surface area (Å²) in [6, 6.07) is 1.17. The van der Waals surface area contributed by atoms with E-state index < -0.39 is 36.2 Å². The summed E-state index contributed by atoms with van der Waals surface area (Å²) in [7, 11) is 1.26. The molecule has 20 heavy (non-hydrogen) atoms. The first-order valence-electron chi connectivity index (χ1n) is 5.99. The highest BCUT2D eigenvalue weighted by Crippen LogP contribution is 2.30. The van der Waals surface area contributed by atoms with Crippen molar-refractivity contribution in [2.24, 2.45) is 0 Å². The standard InChI is InChI=1S/C11H16N2O7/c1-18-11(17)20-7-4-6(5-14)19-9(7)13-3-2-8(15)12-10(13)16/h2-3,6-7,9,11,14,17H,4-5H2,1H3,(H,12,15,16)/t6-,7+,9?,11?/m0/s1. The van der Waals surface area contributed by atoms with E-state index in [1.54, 1.807) is 0 Å². The SMILES string of the molecule is COC(O)O[C@@H]1C[C@@H](CO)OC1n1ccc(=O)[nH]c1=O. The molecule has 2 rings (SSSR count). The predicted molar refractivity (Wildman–Crippen MR) is 64.8 cm³/mol. The lowest BCUT2D eigenvalue weighted by molar-refractivity contribution is -0.280. The van der Waals surface area contributed by atoms with Gasteiger partial charge in [0.1, 0.15) is 6.10 Å². The minimum atomic E-state index is -1.47. The van der Waals surface area contributed by atoms with Crippen molar-refractivity contribution in [1.29, 1.82) is 0 Å². The highest BCUT2D eigenvalue weighted by molar-refractivity contribution is 4.89. The summed E-state index contributed by atoms with van der Waals surface area (Å²) in [6.07, 6.45) is -0.575. The van der Waals surface area contributed by atoms with Gasteiger partial charge in [-0.25, -0.2) is 4.79 Å². The van der Waals surface area contributed by atoms with Gasteiger partial charge in [-0.3, -0.25) is 14.3 Å². The minimum Gasteiger partial charge on any atom is -0.394 e. The maximum Gasteiger partial charge on any atom is 0.330 e. The predicted octanol–water partition coefficient (Wildman–Crippen LogP) is -1.88. The molecule has 2 heterocycles. The van der Waals surface area contributed by atoms with Crippen LogP contribution in [0.1, 0.15) is 12.6 Å². The molecule has 1 fully saturated rings. The van der Waals surface area contributed by atoms with E-state index in [2.05, 4.69) is 9.72 Å². The van der Waals surface area contributed by atoms with Crippen LogP contribution in [0.25, 0.3) is 0 Å². The maximum absolute atomic E-state index is 11.7. The molecule has 1 aliphatic heterocycles. The number of nitrogens with zero attached hydrogens (tertiary/aromatic N) is 1. The van der Waals surface area contributed by atoms with Crippen molar-refractivity contribution in [2.75, 3.05) is 13.7 Å². The van der Waals surface area contributed by atoms with E-state index in [0.717, 1.165) is 4.57 Å². The highest BCUT2D eigenvalue weighted by Gasteiger charge is 2.38. The number of methoxy groups -OCH3 is 1. The number of aliphatic hydroxyl groups is 2. The second-order valence-corrected chi connectivity index (χ2v) is 4.30. The van der Waals surface area contributed by atoms with Crippen molar-refractivity contribution in [1.82, 2.24) is 9.55 Å². The van der Waals surface area contributed by atoms with Gasteiger partial charge < -0.3 is 24.4 Å². The van der Waals surface area contributed by atoms with Crippen molar-refractivity contribution in [3.8, 4) is 0 Å². The van der Waals surface area contributed by atoms with Crippen LogP contribution >= 0.6 is 0 Å². The van der Waals surface area contributed by atoms with Crippen LogP contribution in [0.4, 0.5) is 0 Å². The number of rotatable bonds is 5. The average Bonchev–Trinajstić information content (AvgIpc) is 2.81. The largest absolute Gasteiger partial charge is 0.394 e. The van der Waals surface area contributed by atoms with Crippen LogP contribution in [-0.4, -0.2) is 52.2 Å². The van der Waals surface area contributed by atoms with Crippen LogP contribution < -0.4 is 11.2 Å². The molecule has 1 aromatic heterocycles. The Bertz CT molecular complexity index is 554. The first kappa shape index (κ1) is 14.9. The van der Waals surface area contributed by atoms with Gasteiger partial charge in [-0.15, -0.1) is 0 Å². The Morgan fingerprint density at radius 2 is 2.35 bits per heavy atom. The zero-order valence-electron chi connectivity index (χ0n) is 10.8. The van der Waals surface area contributed by atoms with E-state index >= 15 is 0 Å². The summed E-state index contributed by atoms with van der Waals surface area (Å²) in [4.78, 5) is 24.9. The van der Waals surface area contributed by atoms with Crippen molar-refractivity contribution in [3.05, 3.63) is 33.1 Å². The van der Waals surface area contributed by atoms with Gasteiger partial charge in [-0.2, -0.15) is 0 Å². The average molecular weight is 288 g/mol. The molecule has 0 bridgehead atoms. The van der Waals surface area contributed by atoms with Crippen LogP contribution in [0.5, 0.6) is 0 Å². The molecule has 112 valence electrons. The molecule has 0 saturated carbocycles. The van der Waals surface area contributed by atoms with E-state index in [-0.39, 0.29) is 13.0 Å². The molecule has 9 nitrogen and oxygen atoms in total. The van der Waals surface area contributed by atoms with Gasteiger partial charge in [0.2, 0.25) is 0 Å². The lowest BCUT2D eigenvalue weighted by Crippen LogP contribution is -2.37. The third kappa shape index (κ3) is 3.14. The minimum absolute atomic E-state index is 0.252. The molecule has 1 saturated heterocycles. The molecule has 0 aromatic carbocycles. The van der Waals surface area contributed by atoms with Crippen molar-refractivity contribution in [2.45, 2.75) is 31.3 Å². The number of ether oxygens (including phenoxy) is 3. The Balaban J connectivity index is 2.26. The number of aromatic amines is 1. The quantitative estimate of drug-likeness (QED) is 0.542. The fourth-order valence-corrected chi connectivity index (χ4v) is 2.03. The third-order valence-electron chi connectivity index (χ3n) is 2.97. The summed E-state index contributed by atoms with van der Waals surface area (Å²) >= 11 is 0. The first-order chi connectivity index (χ1) is 9.55. The monoisotopic (exact) mass is 288 g/mol. The first-order valence-corrected chi connectivity index (χ1v) is 5.99.